The Kier molecular flexibility index (Phi) is 5.52. The molecule has 1 aliphatic heterocycles. The fraction of sp³-hybridized carbons (Fsp3) is 0. The van der Waals surface area contributed by atoms with Crippen LogP contribution in [0.1, 0.15) is 0 Å². The van der Waals surface area contributed by atoms with E-state index in [1.165, 1.54) is 4.31 Å². The van der Waals surface area contributed by atoms with E-state index in [9.17, 15) is 8.42 Å². The van der Waals surface area contributed by atoms with Crippen molar-refractivity contribution in [3.05, 3.63) is 152 Å². The Balaban J connectivity index is 1.30. The number of nitrogens with zero attached hydrogens (tertiary/aromatic N) is 3. The first kappa shape index (κ1) is 25.7. The lowest BCUT2D eigenvalue weighted by Crippen LogP contribution is -2.30. The fourth-order valence-corrected chi connectivity index (χ4v) is 8.44. The van der Waals surface area contributed by atoms with E-state index >= 15 is 0 Å². The van der Waals surface area contributed by atoms with Crippen LogP contribution in [0.4, 0.5) is 11.4 Å². The van der Waals surface area contributed by atoms with Gasteiger partial charge in [-0.2, -0.15) is 0 Å². The van der Waals surface area contributed by atoms with Crippen molar-refractivity contribution in [2.24, 2.45) is 0 Å². The van der Waals surface area contributed by atoms with Crippen LogP contribution in [0.25, 0.3) is 60.8 Å². The molecule has 0 atom stereocenters. The first-order valence-electron chi connectivity index (χ1n) is 14.8. The number of rotatable bonds is 3. The molecule has 0 radical (unpaired) electrons. The van der Waals surface area contributed by atoms with Crippen molar-refractivity contribution in [1.29, 1.82) is 0 Å². The first-order valence-corrected chi connectivity index (χ1v) is 16.3. The Bertz CT molecular complexity index is 2560. The van der Waals surface area contributed by atoms with Gasteiger partial charge in [0.25, 0.3) is 10.0 Å². The second-order valence-electron chi connectivity index (χ2n) is 11.3. The molecule has 0 unspecified atom stereocenters. The van der Waals surface area contributed by atoms with Gasteiger partial charge in [0.1, 0.15) is 0 Å². The van der Waals surface area contributed by atoms with Gasteiger partial charge in [0.05, 0.1) is 38.5 Å². The molecule has 0 N–H and O–H groups in total. The molecule has 0 saturated carbocycles. The predicted octanol–water partition coefficient (Wildman–Crippen LogP) is 9.51. The average Bonchev–Trinajstić information content (AvgIpc) is 3.42. The monoisotopic (exact) mass is 599 g/mol. The average molecular weight is 600 g/mol. The minimum absolute atomic E-state index is 0.289. The zero-order valence-corrected chi connectivity index (χ0v) is 24.8. The second-order valence-corrected chi connectivity index (χ2v) is 13.0. The Labute approximate surface area is 260 Å². The van der Waals surface area contributed by atoms with E-state index in [4.69, 9.17) is 4.98 Å². The van der Waals surface area contributed by atoms with Crippen LogP contribution in [-0.4, -0.2) is 18.0 Å². The summed E-state index contributed by atoms with van der Waals surface area (Å²) in [7, 11) is -3.90. The van der Waals surface area contributed by atoms with Crippen LogP contribution >= 0.6 is 0 Å². The molecular weight excluding hydrogens is 575 g/mol. The third-order valence-corrected chi connectivity index (χ3v) is 10.5. The summed E-state index contributed by atoms with van der Waals surface area (Å²) in [5.41, 5.74) is 8.40. The maximum Gasteiger partial charge on any atom is 0.269 e. The fourth-order valence-electron chi connectivity index (χ4n) is 6.71. The molecule has 0 aliphatic carbocycles. The number of benzene rings is 6. The van der Waals surface area contributed by atoms with Crippen LogP contribution < -0.4 is 4.31 Å². The minimum Gasteiger partial charge on any atom is -0.309 e. The highest BCUT2D eigenvalue weighted by molar-refractivity contribution is 7.93. The Morgan fingerprint density at radius 1 is 0.533 bits per heavy atom. The third-order valence-electron chi connectivity index (χ3n) is 8.71. The van der Waals surface area contributed by atoms with Crippen LogP contribution in [0.2, 0.25) is 0 Å². The Hall–Kier alpha value is -5.72. The first-order chi connectivity index (χ1) is 22.1. The Morgan fingerprint density at radius 3 is 2.02 bits per heavy atom. The number of fused-ring (bicyclic) bond motifs is 8. The van der Waals surface area contributed by atoms with Gasteiger partial charge in [-0.3, -0.25) is 0 Å². The van der Waals surface area contributed by atoms with Gasteiger partial charge in [0.2, 0.25) is 0 Å². The topological polar surface area (TPSA) is 55.2 Å². The van der Waals surface area contributed by atoms with Crippen LogP contribution in [0.5, 0.6) is 0 Å². The third kappa shape index (κ3) is 3.79. The highest BCUT2D eigenvalue weighted by atomic mass is 32.2. The zero-order valence-electron chi connectivity index (χ0n) is 24.0. The summed E-state index contributed by atoms with van der Waals surface area (Å²) in [5.74, 6) is 0. The molecule has 45 heavy (non-hydrogen) atoms. The lowest BCUT2D eigenvalue weighted by molar-refractivity contribution is 0.596. The van der Waals surface area contributed by atoms with Gasteiger partial charge in [-0.15, -0.1) is 0 Å². The lowest BCUT2D eigenvalue weighted by Gasteiger charge is -2.32. The van der Waals surface area contributed by atoms with E-state index in [2.05, 4.69) is 71.3 Å². The van der Waals surface area contributed by atoms with E-state index in [1.807, 2.05) is 72.8 Å². The number of aromatic nitrogens is 2. The van der Waals surface area contributed by atoms with Crippen molar-refractivity contribution in [1.82, 2.24) is 9.55 Å². The molecule has 1 aliphatic rings. The normalized spacial score (nSPS) is 13.6. The SMILES string of the molecule is O=S1(=O)c2ccccc2-c2ccc3ccc(-c4ccc5c(c4)c4ccccc4n5-c4ccccc4)nc3c2N1c1ccccc1. The second kappa shape index (κ2) is 9.64. The van der Waals surface area contributed by atoms with Crippen molar-refractivity contribution >= 4 is 54.1 Å². The molecule has 0 bridgehead atoms. The van der Waals surface area contributed by atoms with Gasteiger partial charge in [-0.1, -0.05) is 97.1 Å². The summed E-state index contributed by atoms with van der Waals surface area (Å²) in [6.45, 7) is 0. The number of pyridine rings is 1. The lowest BCUT2D eigenvalue weighted by atomic mass is 9.99. The number of anilines is 2. The van der Waals surface area contributed by atoms with Gasteiger partial charge < -0.3 is 4.57 Å². The van der Waals surface area contributed by atoms with E-state index in [0.29, 0.717) is 22.5 Å². The molecule has 2 aromatic heterocycles. The molecule has 0 saturated heterocycles. The van der Waals surface area contributed by atoms with E-state index in [0.717, 1.165) is 49.7 Å². The molecule has 0 amide bonds. The molecule has 0 spiro atoms. The summed E-state index contributed by atoms with van der Waals surface area (Å²) < 4.78 is 32.3. The summed E-state index contributed by atoms with van der Waals surface area (Å²) in [6.07, 6.45) is 0. The van der Waals surface area contributed by atoms with Crippen molar-refractivity contribution < 1.29 is 8.42 Å². The highest BCUT2D eigenvalue weighted by Gasteiger charge is 2.37. The van der Waals surface area contributed by atoms with E-state index in [-0.39, 0.29) is 4.90 Å². The minimum atomic E-state index is -3.90. The smallest absolute Gasteiger partial charge is 0.269 e. The maximum atomic E-state index is 14.3. The standard InChI is InChI=1S/C39H25N3O2S/c43-45(44)37-18-10-8-16-31(37)32-22-19-26-20-23-34(40-38(26)39(32)42(45)29-13-5-2-6-14-29)27-21-24-36-33(25-27)30-15-7-9-17-35(30)41(36)28-11-3-1-4-12-28/h1-25H. The number of sulfonamides is 1. The van der Waals surface area contributed by atoms with Crippen molar-refractivity contribution in [3.8, 4) is 28.1 Å². The van der Waals surface area contributed by atoms with E-state index < -0.39 is 10.0 Å². The maximum absolute atomic E-state index is 14.3. The Morgan fingerprint density at radius 2 is 1.20 bits per heavy atom. The van der Waals surface area contributed by atoms with Crippen LogP contribution in [0, 0.1) is 0 Å². The van der Waals surface area contributed by atoms with Crippen molar-refractivity contribution in [2.45, 2.75) is 4.90 Å². The van der Waals surface area contributed by atoms with Gasteiger partial charge >= 0.3 is 0 Å². The van der Waals surface area contributed by atoms with Gasteiger partial charge in [0, 0.05) is 38.5 Å². The molecule has 9 rings (SSSR count). The summed E-state index contributed by atoms with van der Waals surface area (Å²) >= 11 is 0. The molecule has 3 heterocycles. The molecular formula is C39H25N3O2S. The van der Waals surface area contributed by atoms with Gasteiger partial charge in [0.15, 0.2) is 0 Å². The quantitative estimate of drug-likeness (QED) is 0.203. The number of para-hydroxylation sites is 3. The largest absolute Gasteiger partial charge is 0.309 e. The zero-order chi connectivity index (χ0) is 30.1. The molecule has 0 fully saturated rings. The van der Waals surface area contributed by atoms with Crippen LogP contribution in [0.3, 0.4) is 0 Å². The summed E-state index contributed by atoms with van der Waals surface area (Å²) in [4.78, 5) is 5.50. The molecule has 214 valence electrons. The predicted molar refractivity (Wildman–Crippen MR) is 183 cm³/mol. The van der Waals surface area contributed by atoms with E-state index in [1.54, 1.807) is 12.1 Å². The number of hydrogen-bond donors (Lipinski definition) is 0. The van der Waals surface area contributed by atoms with Crippen LogP contribution in [0.15, 0.2) is 157 Å². The summed E-state index contributed by atoms with van der Waals surface area (Å²) in [5, 5.41) is 3.16. The van der Waals surface area contributed by atoms with Crippen molar-refractivity contribution in [2.75, 3.05) is 4.31 Å². The van der Waals surface area contributed by atoms with Gasteiger partial charge in [-0.25, -0.2) is 17.7 Å². The summed E-state index contributed by atoms with van der Waals surface area (Å²) in [6, 6.07) is 49.8. The highest BCUT2D eigenvalue weighted by Crippen LogP contribution is 2.49. The molecule has 5 nitrogen and oxygen atoms in total. The van der Waals surface area contributed by atoms with Gasteiger partial charge in [-0.05, 0) is 54.6 Å². The van der Waals surface area contributed by atoms with Crippen molar-refractivity contribution in [3.63, 3.8) is 0 Å². The number of hydrogen-bond acceptors (Lipinski definition) is 3. The van der Waals surface area contributed by atoms with Crippen LogP contribution in [-0.2, 0) is 10.0 Å². The molecule has 6 aromatic carbocycles. The molecule has 8 aromatic rings. The molecule has 6 heteroatoms.